The summed E-state index contributed by atoms with van der Waals surface area (Å²) in [6, 6.07) is 21.7. The Labute approximate surface area is 190 Å². The molecule has 0 radical (unpaired) electrons. The van der Waals surface area contributed by atoms with Crippen molar-refractivity contribution in [2.24, 2.45) is 11.8 Å². The van der Waals surface area contributed by atoms with E-state index in [1.165, 1.54) is 5.39 Å². The van der Waals surface area contributed by atoms with Gasteiger partial charge in [-0.1, -0.05) is 54.6 Å². The smallest absolute Gasteiger partial charge is 0.178 e. The molecule has 3 aromatic rings. The van der Waals surface area contributed by atoms with Gasteiger partial charge in [-0.05, 0) is 78.2 Å². The second-order valence-corrected chi connectivity index (χ2v) is 11.4. The molecule has 1 heterocycles. The van der Waals surface area contributed by atoms with Crippen LogP contribution in [-0.4, -0.2) is 33.0 Å². The zero-order chi connectivity index (χ0) is 22.1. The number of benzene rings is 3. The molecule has 0 amide bonds. The van der Waals surface area contributed by atoms with Crippen molar-refractivity contribution in [1.29, 1.82) is 0 Å². The van der Waals surface area contributed by atoms with Gasteiger partial charge < -0.3 is 5.32 Å². The van der Waals surface area contributed by atoms with E-state index in [0.717, 1.165) is 48.9 Å². The van der Waals surface area contributed by atoms with Crippen LogP contribution in [0.25, 0.3) is 10.8 Å². The lowest BCUT2D eigenvalue weighted by Crippen LogP contribution is -2.31. The van der Waals surface area contributed by atoms with Crippen molar-refractivity contribution in [2.45, 2.75) is 36.5 Å². The molecule has 1 aliphatic carbocycles. The van der Waals surface area contributed by atoms with Gasteiger partial charge in [0.05, 0.1) is 10.6 Å². The monoisotopic (exact) mass is 447 g/mol. The minimum atomic E-state index is -3.27. The first kappa shape index (κ1) is 21.4. The fraction of sp³-hybridized carbons (Fsp3) is 0.370. The predicted octanol–water partition coefficient (Wildman–Crippen LogP) is 4.53. The van der Waals surface area contributed by atoms with Gasteiger partial charge >= 0.3 is 0 Å². The highest BCUT2D eigenvalue weighted by atomic mass is 32.2. The van der Waals surface area contributed by atoms with Gasteiger partial charge in [-0.3, -0.25) is 4.79 Å². The van der Waals surface area contributed by atoms with Crippen LogP contribution in [0.4, 0.5) is 0 Å². The van der Waals surface area contributed by atoms with E-state index in [1.54, 1.807) is 12.1 Å². The number of sulfone groups is 1. The van der Waals surface area contributed by atoms with E-state index in [4.69, 9.17) is 0 Å². The summed E-state index contributed by atoms with van der Waals surface area (Å²) in [6.45, 7) is 1.80. The summed E-state index contributed by atoms with van der Waals surface area (Å²) >= 11 is 0. The van der Waals surface area contributed by atoms with Crippen LogP contribution in [0.5, 0.6) is 0 Å². The van der Waals surface area contributed by atoms with Gasteiger partial charge in [0, 0.05) is 12.3 Å². The van der Waals surface area contributed by atoms with E-state index in [1.807, 2.05) is 30.3 Å². The summed E-state index contributed by atoms with van der Waals surface area (Å²) in [6.07, 6.45) is 3.14. The second-order valence-electron chi connectivity index (χ2n) is 9.32. The topological polar surface area (TPSA) is 63.2 Å². The molecular weight excluding hydrogens is 418 g/mol. The van der Waals surface area contributed by atoms with Crippen LogP contribution in [0.2, 0.25) is 0 Å². The van der Waals surface area contributed by atoms with Crippen LogP contribution in [0.3, 0.4) is 0 Å². The molecule has 1 unspecified atom stereocenters. The van der Waals surface area contributed by atoms with E-state index in [2.05, 4.69) is 29.6 Å². The molecule has 5 rings (SSSR count). The fourth-order valence-corrected chi connectivity index (χ4v) is 6.67. The maximum Gasteiger partial charge on any atom is 0.178 e. The van der Waals surface area contributed by atoms with Crippen molar-refractivity contribution in [3.63, 3.8) is 0 Å². The molecular formula is C27H29NO3S. The van der Waals surface area contributed by atoms with Crippen LogP contribution in [0.15, 0.2) is 71.6 Å². The number of nitrogens with one attached hydrogen (secondary N) is 1. The number of hydrogen-bond acceptors (Lipinski definition) is 4. The van der Waals surface area contributed by atoms with Crippen molar-refractivity contribution in [3.05, 3.63) is 77.9 Å². The molecule has 0 bridgehead atoms. The molecule has 1 saturated carbocycles. The summed E-state index contributed by atoms with van der Waals surface area (Å²) in [7, 11) is -3.27. The summed E-state index contributed by atoms with van der Waals surface area (Å²) in [5.41, 5.74) is 2.13. The minimum absolute atomic E-state index is 0.0404. The SMILES string of the molecule is O=C(Cc1ccc2ccccc2c1)[C@@H]1CC1c1ccc(S(=O)(=O)CC2CCNCC2)cc1. The molecule has 1 saturated heterocycles. The van der Waals surface area contributed by atoms with Gasteiger partial charge in [-0.15, -0.1) is 0 Å². The van der Waals surface area contributed by atoms with Gasteiger partial charge in [0.15, 0.2) is 9.84 Å². The van der Waals surface area contributed by atoms with Crippen LogP contribution >= 0.6 is 0 Å². The molecule has 3 aromatic carbocycles. The molecule has 0 aromatic heterocycles. The molecule has 166 valence electrons. The number of rotatable bonds is 7. The fourth-order valence-electron chi connectivity index (χ4n) is 4.98. The lowest BCUT2D eigenvalue weighted by molar-refractivity contribution is -0.119. The highest BCUT2D eigenvalue weighted by Gasteiger charge is 2.43. The van der Waals surface area contributed by atoms with Crippen LogP contribution < -0.4 is 5.32 Å². The first-order valence-electron chi connectivity index (χ1n) is 11.5. The molecule has 4 nitrogen and oxygen atoms in total. The third-order valence-corrected chi connectivity index (χ3v) is 8.88. The van der Waals surface area contributed by atoms with E-state index in [-0.39, 0.29) is 29.3 Å². The minimum Gasteiger partial charge on any atom is -0.317 e. The zero-order valence-electron chi connectivity index (χ0n) is 18.2. The Hall–Kier alpha value is -2.50. The summed E-state index contributed by atoms with van der Waals surface area (Å²) in [5.74, 6) is 0.988. The Kier molecular flexibility index (Phi) is 5.87. The van der Waals surface area contributed by atoms with E-state index < -0.39 is 9.84 Å². The number of carbonyl (C=O) groups is 1. The second kappa shape index (κ2) is 8.80. The van der Waals surface area contributed by atoms with Crippen molar-refractivity contribution in [2.75, 3.05) is 18.8 Å². The third-order valence-electron chi connectivity index (χ3n) is 6.98. The van der Waals surface area contributed by atoms with Crippen molar-refractivity contribution in [1.82, 2.24) is 5.32 Å². The van der Waals surface area contributed by atoms with E-state index in [9.17, 15) is 13.2 Å². The van der Waals surface area contributed by atoms with Gasteiger partial charge in [-0.25, -0.2) is 8.42 Å². The molecule has 2 atom stereocenters. The number of hydrogen-bond donors (Lipinski definition) is 1. The lowest BCUT2D eigenvalue weighted by Gasteiger charge is -2.22. The number of ketones is 1. The number of carbonyl (C=O) groups excluding carboxylic acids is 1. The first-order valence-corrected chi connectivity index (χ1v) is 13.2. The Morgan fingerprint density at radius 2 is 1.62 bits per heavy atom. The third kappa shape index (κ3) is 4.64. The number of Topliss-reactive ketones (excluding diaryl/α,β-unsaturated/α-hetero) is 1. The van der Waals surface area contributed by atoms with Crippen molar-refractivity contribution >= 4 is 26.4 Å². The van der Waals surface area contributed by atoms with Crippen molar-refractivity contribution < 1.29 is 13.2 Å². The van der Waals surface area contributed by atoms with Crippen LogP contribution in [-0.2, 0) is 21.1 Å². The van der Waals surface area contributed by atoms with Gasteiger partial charge in [0.1, 0.15) is 5.78 Å². The highest BCUT2D eigenvalue weighted by molar-refractivity contribution is 7.91. The van der Waals surface area contributed by atoms with Gasteiger partial charge in [-0.2, -0.15) is 0 Å². The lowest BCUT2D eigenvalue weighted by atomic mass is 10.00. The molecule has 2 aliphatic rings. The number of fused-ring (bicyclic) bond motifs is 1. The first-order chi connectivity index (χ1) is 15.5. The Morgan fingerprint density at radius 3 is 2.38 bits per heavy atom. The molecule has 0 spiro atoms. The molecule has 5 heteroatoms. The Morgan fingerprint density at radius 1 is 0.906 bits per heavy atom. The van der Waals surface area contributed by atoms with Crippen LogP contribution in [0, 0.1) is 11.8 Å². The van der Waals surface area contributed by atoms with Gasteiger partial charge in [0.25, 0.3) is 0 Å². The van der Waals surface area contributed by atoms with Crippen LogP contribution in [0.1, 0.15) is 36.3 Å². The Balaban J connectivity index is 1.21. The zero-order valence-corrected chi connectivity index (χ0v) is 19.0. The van der Waals surface area contributed by atoms with Gasteiger partial charge in [0.2, 0.25) is 0 Å². The summed E-state index contributed by atoms with van der Waals surface area (Å²) in [4.78, 5) is 13.2. The van der Waals surface area contributed by atoms with E-state index in [0.29, 0.717) is 11.3 Å². The maximum atomic E-state index is 12.8. The largest absolute Gasteiger partial charge is 0.317 e. The predicted molar refractivity (Wildman–Crippen MR) is 128 cm³/mol. The van der Waals surface area contributed by atoms with E-state index >= 15 is 0 Å². The standard InChI is InChI=1S/C27H29NO3S/c29-27(16-20-5-6-21-3-1-2-4-23(21)15-20)26-17-25(26)22-7-9-24(10-8-22)32(30,31)18-19-11-13-28-14-12-19/h1-10,15,19,25-26,28H,11-14,16-18H2/t25?,26-/m1/s1. The normalized spacial score (nSPS) is 21.5. The quantitative estimate of drug-likeness (QED) is 0.578. The summed E-state index contributed by atoms with van der Waals surface area (Å²) in [5, 5.41) is 5.62. The average molecular weight is 448 g/mol. The number of piperidine rings is 1. The molecule has 1 N–H and O–H groups in total. The Bertz CT molecular complexity index is 1230. The molecule has 32 heavy (non-hydrogen) atoms. The molecule has 1 aliphatic heterocycles. The maximum absolute atomic E-state index is 12.8. The summed E-state index contributed by atoms with van der Waals surface area (Å²) < 4.78 is 25.6. The molecule has 2 fully saturated rings. The highest BCUT2D eigenvalue weighted by Crippen LogP contribution is 2.48. The van der Waals surface area contributed by atoms with Crippen molar-refractivity contribution in [3.8, 4) is 0 Å². The average Bonchev–Trinajstić information content (AvgIpc) is 3.61.